The van der Waals surface area contributed by atoms with Crippen LogP contribution in [-0.2, 0) is 0 Å². The van der Waals surface area contributed by atoms with E-state index in [1.807, 2.05) is 31.2 Å². The van der Waals surface area contributed by atoms with Crippen LogP contribution in [0.15, 0.2) is 24.3 Å². The summed E-state index contributed by atoms with van der Waals surface area (Å²) < 4.78 is 0. The van der Waals surface area contributed by atoms with Crippen molar-refractivity contribution in [2.24, 2.45) is 0 Å². The van der Waals surface area contributed by atoms with Crippen LogP contribution < -0.4 is 0 Å². The monoisotopic (exact) mass is 275 g/mol. The van der Waals surface area contributed by atoms with Crippen LogP contribution in [0.25, 0.3) is 0 Å². The Kier molecular flexibility index (Phi) is 5.74. The van der Waals surface area contributed by atoms with Gasteiger partial charge >= 0.3 is 0 Å². The molecule has 1 aliphatic rings. The van der Waals surface area contributed by atoms with E-state index in [2.05, 4.69) is 4.90 Å². The number of ketones is 1. The number of carbonyl (C=O) groups excluding carboxylic acids is 1. The van der Waals surface area contributed by atoms with E-state index in [9.17, 15) is 9.90 Å². The van der Waals surface area contributed by atoms with Gasteiger partial charge in [0.05, 0.1) is 6.61 Å². The van der Waals surface area contributed by atoms with E-state index in [0.29, 0.717) is 6.42 Å². The highest BCUT2D eigenvalue weighted by Crippen LogP contribution is 2.17. The molecule has 0 amide bonds. The molecule has 3 nitrogen and oxygen atoms in total. The third-order valence-electron chi connectivity index (χ3n) is 4.21. The van der Waals surface area contributed by atoms with Crippen molar-refractivity contribution in [2.45, 2.75) is 45.1 Å². The third kappa shape index (κ3) is 4.15. The number of hydrogen-bond acceptors (Lipinski definition) is 3. The number of Topliss-reactive ketones (excluding diaryl/α,β-unsaturated/α-hetero) is 1. The molecule has 1 heterocycles. The zero-order valence-corrected chi connectivity index (χ0v) is 12.3. The predicted molar refractivity (Wildman–Crippen MR) is 81.0 cm³/mol. The fraction of sp³-hybridized carbons (Fsp3) is 0.588. The molecule has 1 fully saturated rings. The molecular formula is C17H25NO2. The molecule has 0 aliphatic carbocycles. The molecule has 0 radical (unpaired) electrons. The van der Waals surface area contributed by atoms with Crippen LogP contribution in [0.1, 0.15) is 48.0 Å². The maximum Gasteiger partial charge on any atom is 0.164 e. The largest absolute Gasteiger partial charge is 0.395 e. The van der Waals surface area contributed by atoms with Crippen molar-refractivity contribution in [3.8, 4) is 0 Å². The fourth-order valence-electron chi connectivity index (χ4n) is 2.87. The first-order chi connectivity index (χ1) is 9.70. The SMILES string of the molecule is Cc1ccc(C(=O)CCN2CCCCCC2CO)cc1. The standard InChI is InChI=1S/C17H25NO2/c1-14-6-8-15(9-7-14)17(20)10-12-18-11-4-2-3-5-16(18)13-19/h6-9,16,19H,2-5,10-13H2,1H3. The quantitative estimate of drug-likeness (QED) is 0.840. The van der Waals surface area contributed by atoms with Crippen LogP contribution in [0, 0.1) is 6.92 Å². The molecule has 1 atom stereocenters. The molecule has 1 aromatic rings. The number of carbonyl (C=O) groups is 1. The highest BCUT2D eigenvalue weighted by atomic mass is 16.3. The third-order valence-corrected chi connectivity index (χ3v) is 4.21. The van der Waals surface area contributed by atoms with Gasteiger partial charge in [-0.1, -0.05) is 42.7 Å². The molecule has 3 heteroatoms. The van der Waals surface area contributed by atoms with Crippen molar-refractivity contribution in [3.05, 3.63) is 35.4 Å². The first-order valence-electron chi connectivity index (χ1n) is 7.65. The van der Waals surface area contributed by atoms with Crippen LogP contribution in [0.3, 0.4) is 0 Å². The predicted octanol–water partition coefficient (Wildman–Crippen LogP) is 2.80. The van der Waals surface area contributed by atoms with Crippen molar-refractivity contribution in [1.82, 2.24) is 4.90 Å². The number of aliphatic hydroxyl groups excluding tert-OH is 1. The van der Waals surface area contributed by atoms with Crippen LogP contribution in [-0.4, -0.2) is 41.5 Å². The number of aryl methyl sites for hydroxylation is 1. The topological polar surface area (TPSA) is 40.5 Å². The maximum absolute atomic E-state index is 12.2. The van der Waals surface area contributed by atoms with Gasteiger partial charge in [-0.25, -0.2) is 0 Å². The summed E-state index contributed by atoms with van der Waals surface area (Å²) in [6, 6.07) is 8.02. The number of nitrogens with zero attached hydrogens (tertiary/aromatic N) is 1. The Labute approximate surface area is 121 Å². The van der Waals surface area contributed by atoms with E-state index in [4.69, 9.17) is 0 Å². The van der Waals surface area contributed by atoms with Gasteiger partial charge in [0.1, 0.15) is 0 Å². The van der Waals surface area contributed by atoms with Gasteiger partial charge in [0.25, 0.3) is 0 Å². The molecule has 1 aromatic carbocycles. The van der Waals surface area contributed by atoms with Crippen LogP contribution >= 0.6 is 0 Å². The van der Waals surface area contributed by atoms with E-state index in [-0.39, 0.29) is 18.4 Å². The molecule has 1 N–H and O–H groups in total. The molecular weight excluding hydrogens is 250 g/mol. The Morgan fingerprint density at radius 2 is 2.00 bits per heavy atom. The summed E-state index contributed by atoms with van der Waals surface area (Å²) in [6.45, 7) is 4.00. The second kappa shape index (κ2) is 7.55. The van der Waals surface area contributed by atoms with Gasteiger partial charge in [-0.05, 0) is 26.3 Å². The van der Waals surface area contributed by atoms with Gasteiger partial charge in [-0.15, -0.1) is 0 Å². The van der Waals surface area contributed by atoms with E-state index in [1.54, 1.807) is 0 Å². The number of aliphatic hydroxyl groups is 1. The van der Waals surface area contributed by atoms with Crippen molar-refractivity contribution in [3.63, 3.8) is 0 Å². The van der Waals surface area contributed by atoms with Gasteiger partial charge in [-0.3, -0.25) is 9.69 Å². The van der Waals surface area contributed by atoms with Crippen LogP contribution in [0.4, 0.5) is 0 Å². The lowest BCUT2D eigenvalue weighted by Crippen LogP contribution is -2.38. The summed E-state index contributed by atoms with van der Waals surface area (Å²) in [5, 5.41) is 9.47. The van der Waals surface area contributed by atoms with Gasteiger partial charge in [-0.2, -0.15) is 0 Å². The maximum atomic E-state index is 12.2. The van der Waals surface area contributed by atoms with Crippen molar-refractivity contribution in [2.75, 3.05) is 19.7 Å². The molecule has 0 saturated carbocycles. The van der Waals surface area contributed by atoms with Gasteiger partial charge in [0.2, 0.25) is 0 Å². The smallest absolute Gasteiger partial charge is 0.164 e. The molecule has 2 rings (SSSR count). The van der Waals surface area contributed by atoms with Crippen molar-refractivity contribution in [1.29, 1.82) is 0 Å². The van der Waals surface area contributed by atoms with Crippen LogP contribution in [0.2, 0.25) is 0 Å². The highest BCUT2D eigenvalue weighted by molar-refractivity contribution is 5.96. The molecule has 110 valence electrons. The molecule has 20 heavy (non-hydrogen) atoms. The van der Waals surface area contributed by atoms with E-state index >= 15 is 0 Å². The molecule has 0 bridgehead atoms. The van der Waals surface area contributed by atoms with E-state index in [1.165, 1.54) is 24.8 Å². The Hall–Kier alpha value is -1.19. The first kappa shape index (κ1) is 15.2. The number of benzene rings is 1. The lowest BCUT2D eigenvalue weighted by atomic mass is 10.1. The first-order valence-corrected chi connectivity index (χ1v) is 7.65. The summed E-state index contributed by atoms with van der Waals surface area (Å²) in [7, 11) is 0. The van der Waals surface area contributed by atoms with E-state index < -0.39 is 0 Å². The molecule has 1 aliphatic heterocycles. The fourth-order valence-corrected chi connectivity index (χ4v) is 2.87. The van der Waals surface area contributed by atoms with Crippen LogP contribution in [0.5, 0.6) is 0 Å². The average Bonchev–Trinajstić information content (AvgIpc) is 2.70. The Morgan fingerprint density at radius 1 is 1.25 bits per heavy atom. The Bertz CT molecular complexity index is 427. The lowest BCUT2D eigenvalue weighted by molar-refractivity contribution is 0.0910. The Morgan fingerprint density at radius 3 is 2.70 bits per heavy atom. The number of hydrogen-bond donors (Lipinski definition) is 1. The molecule has 1 saturated heterocycles. The second-order valence-corrected chi connectivity index (χ2v) is 5.76. The lowest BCUT2D eigenvalue weighted by Gasteiger charge is -2.28. The zero-order valence-electron chi connectivity index (χ0n) is 12.3. The van der Waals surface area contributed by atoms with Crippen molar-refractivity contribution >= 4 is 5.78 Å². The normalized spacial score (nSPS) is 20.6. The van der Waals surface area contributed by atoms with Crippen molar-refractivity contribution < 1.29 is 9.90 Å². The van der Waals surface area contributed by atoms with E-state index in [0.717, 1.165) is 25.1 Å². The summed E-state index contributed by atoms with van der Waals surface area (Å²) in [5.41, 5.74) is 1.97. The second-order valence-electron chi connectivity index (χ2n) is 5.76. The average molecular weight is 275 g/mol. The summed E-state index contributed by atoms with van der Waals surface area (Å²) in [6.07, 6.45) is 5.19. The number of rotatable bonds is 5. The zero-order chi connectivity index (χ0) is 14.4. The number of likely N-dealkylation sites (tertiary alicyclic amines) is 1. The minimum absolute atomic E-state index is 0.200. The summed E-state index contributed by atoms with van der Waals surface area (Å²) in [4.78, 5) is 14.5. The van der Waals surface area contributed by atoms with Gasteiger partial charge in [0.15, 0.2) is 5.78 Å². The highest BCUT2D eigenvalue weighted by Gasteiger charge is 2.20. The minimum Gasteiger partial charge on any atom is -0.395 e. The van der Waals surface area contributed by atoms with Gasteiger partial charge < -0.3 is 5.11 Å². The molecule has 0 spiro atoms. The Balaban J connectivity index is 1.89. The molecule has 0 aromatic heterocycles. The van der Waals surface area contributed by atoms with Gasteiger partial charge in [0, 0.05) is 24.6 Å². The molecule has 1 unspecified atom stereocenters. The summed E-state index contributed by atoms with van der Waals surface area (Å²) >= 11 is 0. The summed E-state index contributed by atoms with van der Waals surface area (Å²) in [5.74, 6) is 0.200. The minimum atomic E-state index is 0.200.